The maximum Gasteiger partial charge on any atom is 0.159 e. The van der Waals surface area contributed by atoms with Crippen molar-refractivity contribution < 1.29 is 4.79 Å². The Bertz CT molecular complexity index is 344. The van der Waals surface area contributed by atoms with Crippen LogP contribution in [0, 0.1) is 6.92 Å². The molecule has 1 aromatic carbocycles. The van der Waals surface area contributed by atoms with Crippen LogP contribution in [-0.4, -0.2) is 11.5 Å². The number of unbranched alkanes of at least 4 members (excludes halogenated alkanes) is 1. The number of rotatable bonds is 5. The molecule has 0 saturated heterocycles. The molecule has 0 aliphatic rings. The molecule has 82 valence electrons. The summed E-state index contributed by atoms with van der Waals surface area (Å²) < 4.78 is 0. The fourth-order valence-electron chi connectivity index (χ4n) is 1.36. The van der Waals surface area contributed by atoms with E-state index >= 15 is 0 Å². The standard InChI is InChI=1S/C13H18OS/c1-4-5-8-15-13-7-6-12(11(3)14)9-10(13)2/h6-7,9H,4-5,8H2,1-3H3. The highest BCUT2D eigenvalue weighted by Crippen LogP contribution is 2.24. The number of aryl methyl sites for hydroxylation is 1. The number of benzene rings is 1. The number of thioether (sulfide) groups is 1. The van der Waals surface area contributed by atoms with Crippen LogP contribution in [-0.2, 0) is 0 Å². The van der Waals surface area contributed by atoms with Gasteiger partial charge in [0.05, 0.1) is 0 Å². The Morgan fingerprint density at radius 1 is 1.40 bits per heavy atom. The largest absolute Gasteiger partial charge is 0.295 e. The highest BCUT2D eigenvalue weighted by molar-refractivity contribution is 7.99. The second-order valence-electron chi connectivity index (χ2n) is 3.74. The molecule has 0 spiro atoms. The first-order valence-corrected chi connectivity index (χ1v) is 6.38. The first-order valence-electron chi connectivity index (χ1n) is 5.39. The molecular formula is C13H18OS. The first-order chi connectivity index (χ1) is 7.15. The monoisotopic (exact) mass is 222 g/mol. The molecule has 0 radical (unpaired) electrons. The molecule has 15 heavy (non-hydrogen) atoms. The van der Waals surface area contributed by atoms with Crippen LogP contribution < -0.4 is 0 Å². The lowest BCUT2D eigenvalue weighted by Crippen LogP contribution is -1.93. The van der Waals surface area contributed by atoms with E-state index in [1.807, 2.05) is 23.9 Å². The van der Waals surface area contributed by atoms with Crippen LogP contribution in [0.25, 0.3) is 0 Å². The first kappa shape index (κ1) is 12.3. The van der Waals surface area contributed by atoms with E-state index in [9.17, 15) is 4.79 Å². The molecule has 0 heterocycles. The molecule has 1 aromatic rings. The Labute approximate surface area is 96.3 Å². The van der Waals surface area contributed by atoms with Crippen LogP contribution in [0.4, 0.5) is 0 Å². The van der Waals surface area contributed by atoms with E-state index in [1.165, 1.54) is 23.3 Å². The van der Waals surface area contributed by atoms with Crippen molar-refractivity contribution in [3.63, 3.8) is 0 Å². The van der Waals surface area contributed by atoms with Gasteiger partial charge in [-0.15, -0.1) is 11.8 Å². The minimum atomic E-state index is 0.142. The summed E-state index contributed by atoms with van der Waals surface area (Å²) in [5, 5.41) is 0. The summed E-state index contributed by atoms with van der Waals surface area (Å²) in [6.45, 7) is 5.88. The van der Waals surface area contributed by atoms with Gasteiger partial charge in [0, 0.05) is 10.5 Å². The van der Waals surface area contributed by atoms with Crippen molar-refractivity contribution in [2.75, 3.05) is 5.75 Å². The zero-order chi connectivity index (χ0) is 11.3. The van der Waals surface area contributed by atoms with E-state index in [0.717, 1.165) is 11.3 Å². The van der Waals surface area contributed by atoms with Crippen LogP contribution in [0.3, 0.4) is 0 Å². The van der Waals surface area contributed by atoms with Crippen molar-refractivity contribution in [1.82, 2.24) is 0 Å². The van der Waals surface area contributed by atoms with E-state index in [2.05, 4.69) is 19.9 Å². The molecule has 0 N–H and O–H groups in total. The van der Waals surface area contributed by atoms with E-state index in [-0.39, 0.29) is 5.78 Å². The van der Waals surface area contributed by atoms with Gasteiger partial charge in [-0.3, -0.25) is 4.79 Å². The topological polar surface area (TPSA) is 17.1 Å². The summed E-state index contributed by atoms with van der Waals surface area (Å²) in [6.07, 6.45) is 2.48. The molecule has 0 atom stereocenters. The van der Waals surface area contributed by atoms with Crippen LogP contribution in [0.15, 0.2) is 23.1 Å². The maximum atomic E-state index is 11.2. The zero-order valence-corrected chi connectivity index (χ0v) is 10.5. The molecule has 0 aliphatic carbocycles. The van der Waals surface area contributed by atoms with Crippen molar-refractivity contribution in [2.45, 2.75) is 38.5 Å². The highest BCUT2D eigenvalue weighted by Gasteiger charge is 2.03. The second kappa shape index (κ2) is 5.96. The Balaban J connectivity index is 2.70. The summed E-state index contributed by atoms with van der Waals surface area (Å²) in [7, 11) is 0. The lowest BCUT2D eigenvalue weighted by molar-refractivity contribution is 0.101. The van der Waals surface area contributed by atoms with Gasteiger partial charge < -0.3 is 0 Å². The minimum Gasteiger partial charge on any atom is -0.295 e. The van der Waals surface area contributed by atoms with Gasteiger partial charge in [0.25, 0.3) is 0 Å². The molecule has 0 amide bonds. The summed E-state index contributed by atoms with van der Waals surface area (Å²) in [5.74, 6) is 1.31. The normalized spacial score (nSPS) is 10.3. The number of carbonyl (C=O) groups is 1. The number of hydrogen-bond donors (Lipinski definition) is 0. The SMILES string of the molecule is CCCCSc1ccc(C(C)=O)cc1C. The van der Waals surface area contributed by atoms with Gasteiger partial charge in [0.15, 0.2) is 5.78 Å². The lowest BCUT2D eigenvalue weighted by atomic mass is 10.1. The van der Waals surface area contributed by atoms with Crippen molar-refractivity contribution in [1.29, 1.82) is 0 Å². The third-order valence-corrected chi connectivity index (χ3v) is 3.60. The smallest absolute Gasteiger partial charge is 0.159 e. The molecule has 0 aromatic heterocycles. The molecule has 0 saturated carbocycles. The minimum absolute atomic E-state index is 0.142. The Morgan fingerprint density at radius 2 is 2.13 bits per heavy atom. The highest BCUT2D eigenvalue weighted by atomic mass is 32.2. The average Bonchev–Trinajstić information content (AvgIpc) is 2.20. The molecule has 0 unspecified atom stereocenters. The second-order valence-corrected chi connectivity index (χ2v) is 4.88. The number of carbonyl (C=O) groups excluding carboxylic acids is 1. The van der Waals surface area contributed by atoms with Crippen LogP contribution in [0.2, 0.25) is 0 Å². The van der Waals surface area contributed by atoms with E-state index < -0.39 is 0 Å². The van der Waals surface area contributed by atoms with Crippen molar-refractivity contribution >= 4 is 17.5 Å². The summed E-state index contributed by atoms with van der Waals surface area (Å²) in [4.78, 5) is 12.5. The van der Waals surface area contributed by atoms with Gasteiger partial charge >= 0.3 is 0 Å². The van der Waals surface area contributed by atoms with E-state index in [0.29, 0.717) is 0 Å². The number of Topliss-reactive ketones (excluding diaryl/α,β-unsaturated/α-hetero) is 1. The van der Waals surface area contributed by atoms with E-state index in [1.54, 1.807) is 6.92 Å². The van der Waals surface area contributed by atoms with Crippen molar-refractivity contribution in [3.8, 4) is 0 Å². The van der Waals surface area contributed by atoms with Gasteiger partial charge in [-0.2, -0.15) is 0 Å². The predicted molar refractivity (Wildman–Crippen MR) is 66.8 cm³/mol. The van der Waals surface area contributed by atoms with Crippen LogP contribution in [0.5, 0.6) is 0 Å². The van der Waals surface area contributed by atoms with Crippen LogP contribution in [0.1, 0.15) is 42.6 Å². The molecule has 0 fully saturated rings. The van der Waals surface area contributed by atoms with Crippen molar-refractivity contribution in [3.05, 3.63) is 29.3 Å². The van der Waals surface area contributed by atoms with Gasteiger partial charge in [0.2, 0.25) is 0 Å². The quantitative estimate of drug-likeness (QED) is 0.424. The van der Waals surface area contributed by atoms with Gasteiger partial charge in [-0.05, 0) is 43.7 Å². The molecule has 1 rings (SSSR count). The molecule has 0 aliphatic heterocycles. The number of hydrogen-bond acceptors (Lipinski definition) is 2. The van der Waals surface area contributed by atoms with Gasteiger partial charge in [-0.1, -0.05) is 19.4 Å². The Kier molecular flexibility index (Phi) is 4.89. The molecule has 1 nitrogen and oxygen atoms in total. The molecule has 2 heteroatoms. The average molecular weight is 222 g/mol. The third kappa shape index (κ3) is 3.71. The fraction of sp³-hybridized carbons (Fsp3) is 0.462. The number of ketones is 1. The van der Waals surface area contributed by atoms with Crippen LogP contribution >= 0.6 is 11.8 Å². The summed E-state index contributed by atoms with van der Waals surface area (Å²) in [6, 6.07) is 5.96. The maximum absolute atomic E-state index is 11.2. The molecular weight excluding hydrogens is 204 g/mol. The van der Waals surface area contributed by atoms with Crippen molar-refractivity contribution in [2.24, 2.45) is 0 Å². The fourth-order valence-corrected chi connectivity index (χ4v) is 2.46. The third-order valence-electron chi connectivity index (χ3n) is 2.34. The Morgan fingerprint density at radius 3 is 2.67 bits per heavy atom. The molecule has 0 bridgehead atoms. The van der Waals surface area contributed by atoms with Gasteiger partial charge in [-0.25, -0.2) is 0 Å². The summed E-state index contributed by atoms with van der Waals surface area (Å²) >= 11 is 1.88. The van der Waals surface area contributed by atoms with E-state index in [4.69, 9.17) is 0 Å². The Hall–Kier alpha value is -0.760. The predicted octanol–water partition coefficient (Wildman–Crippen LogP) is 4.09. The zero-order valence-electron chi connectivity index (χ0n) is 9.67. The lowest BCUT2D eigenvalue weighted by Gasteiger charge is -2.06. The van der Waals surface area contributed by atoms with Gasteiger partial charge in [0.1, 0.15) is 0 Å². The summed E-state index contributed by atoms with van der Waals surface area (Å²) in [5.41, 5.74) is 2.02.